The SMILES string of the molecule is CC(=O)c1cccc(NC(=O)c2sccc2S(=O)(=O)N2CCc3ccccc3C2)c1. The number of Topliss-reactive ketones (excluding diaryl/α,β-unsaturated/α-hetero) is 1. The first kappa shape index (κ1) is 20.5. The van der Waals surface area contributed by atoms with Crippen molar-refractivity contribution in [3.8, 4) is 0 Å². The van der Waals surface area contributed by atoms with Crippen LogP contribution in [0.2, 0.25) is 0 Å². The Morgan fingerprint density at radius 3 is 2.57 bits per heavy atom. The largest absolute Gasteiger partial charge is 0.321 e. The maximum atomic E-state index is 13.3. The summed E-state index contributed by atoms with van der Waals surface area (Å²) in [7, 11) is -3.82. The summed E-state index contributed by atoms with van der Waals surface area (Å²) < 4.78 is 28.0. The number of rotatable bonds is 5. The highest BCUT2D eigenvalue weighted by atomic mass is 32.2. The molecular formula is C22H20N2O4S2. The van der Waals surface area contributed by atoms with E-state index in [0.717, 1.165) is 22.5 Å². The van der Waals surface area contributed by atoms with Gasteiger partial charge in [-0.05, 0) is 48.1 Å². The number of benzene rings is 2. The van der Waals surface area contributed by atoms with Gasteiger partial charge in [0.2, 0.25) is 10.0 Å². The molecule has 6 nitrogen and oxygen atoms in total. The van der Waals surface area contributed by atoms with Gasteiger partial charge in [0.1, 0.15) is 9.77 Å². The van der Waals surface area contributed by atoms with Gasteiger partial charge in [0.05, 0.1) is 0 Å². The van der Waals surface area contributed by atoms with Gasteiger partial charge in [-0.25, -0.2) is 8.42 Å². The Morgan fingerprint density at radius 2 is 1.80 bits per heavy atom. The molecule has 4 rings (SSSR count). The van der Waals surface area contributed by atoms with Crippen LogP contribution in [0.4, 0.5) is 5.69 Å². The fraction of sp³-hybridized carbons (Fsp3) is 0.182. The zero-order chi connectivity index (χ0) is 21.3. The molecule has 0 saturated carbocycles. The molecule has 0 spiro atoms. The van der Waals surface area contributed by atoms with Crippen molar-refractivity contribution in [2.75, 3.05) is 11.9 Å². The summed E-state index contributed by atoms with van der Waals surface area (Å²) in [5.74, 6) is -0.627. The molecule has 0 radical (unpaired) electrons. The number of fused-ring (bicyclic) bond motifs is 1. The van der Waals surface area contributed by atoms with Crippen LogP contribution in [-0.2, 0) is 23.0 Å². The van der Waals surface area contributed by atoms with E-state index in [0.29, 0.717) is 24.2 Å². The van der Waals surface area contributed by atoms with Gasteiger partial charge in [-0.3, -0.25) is 9.59 Å². The van der Waals surface area contributed by atoms with Crippen molar-refractivity contribution in [2.24, 2.45) is 0 Å². The molecule has 0 fully saturated rings. The van der Waals surface area contributed by atoms with Crippen LogP contribution in [0.3, 0.4) is 0 Å². The summed E-state index contributed by atoms with van der Waals surface area (Å²) in [5.41, 5.74) is 3.04. The maximum Gasteiger partial charge on any atom is 0.267 e. The number of carbonyl (C=O) groups is 2. The predicted octanol–water partition coefficient (Wildman–Crippen LogP) is 3.95. The van der Waals surface area contributed by atoms with Gasteiger partial charge in [-0.2, -0.15) is 4.31 Å². The van der Waals surface area contributed by atoms with Gasteiger partial charge in [0.25, 0.3) is 5.91 Å². The summed E-state index contributed by atoms with van der Waals surface area (Å²) >= 11 is 1.08. The summed E-state index contributed by atoms with van der Waals surface area (Å²) in [6.45, 7) is 2.11. The first-order chi connectivity index (χ1) is 14.4. The fourth-order valence-corrected chi connectivity index (χ4v) is 6.20. The second kappa shape index (κ2) is 8.14. The minimum absolute atomic E-state index is 0.00658. The molecule has 3 aromatic rings. The first-order valence-corrected chi connectivity index (χ1v) is 11.7. The number of nitrogens with zero attached hydrogens (tertiary/aromatic N) is 1. The van der Waals surface area contributed by atoms with Crippen LogP contribution in [0.15, 0.2) is 64.9 Å². The Hall–Kier alpha value is -2.81. The number of thiophene rings is 1. The van der Waals surface area contributed by atoms with Crippen molar-refractivity contribution in [2.45, 2.75) is 24.8 Å². The quantitative estimate of drug-likeness (QED) is 0.609. The summed E-state index contributed by atoms with van der Waals surface area (Å²) in [5, 5.41) is 4.31. The molecule has 0 aliphatic carbocycles. The summed E-state index contributed by atoms with van der Waals surface area (Å²) in [4.78, 5) is 24.5. The third-order valence-corrected chi connectivity index (χ3v) is 8.01. The van der Waals surface area contributed by atoms with E-state index in [1.807, 2.05) is 24.3 Å². The van der Waals surface area contributed by atoms with Crippen molar-refractivity contribution < 1.29 is 18.0 Å². The molecule has 0 saturated heterocycles. The van der Waals surface area contributed by atoms with E-state index in [-0.39, 0.29) is 22.1 Å². The van der Waals surface area contributed by atoms with Crippen molar-refractivity contribution in [3.05, 3.63) is 81.5 Å². The highest BCUT2D eigenvalue weighted by Gasteiger charge is 2.32. The second-order valence-corrected chi connectivity index (χ2v) is 9.88. The number of sulfonamides is 1. The topological polar surface area (TPSA) is 83.5 Å². The van der Waals surface area contributed by atoms with Crippen molar-refractivity contribution in [1.82, 2.24) is 4.31 Å². The average molecular weight is 441 g/mol. The summed E-state index contributed by atoms with van der Waals surface area (Å²) in [6.07, 6.45) is 0.638. The summed E-state index contributed by atoms with van der Waals surface area (Å²) in [6, 6.07) is 15.8. The Kier molecular flexibility index (Phi) is 5.55. The Bertz CT molecular complexity index is 1230. The Morgan fingerprint density at radius 1 is 1.03 bits per heavy atom. The van der Waals surface area contributed by atoms with Crippen molar-refractivity contribution in [3.63, 3.8) is 0 Å². The lowest BCUT2D eigenvalue weighted by atomic mass is 10.0. The van der Waals surface area contributed by atoms with Crippen LogP contribution >= 0.6 is 11.3 Å². The van der Waals surface area contributed by atoms with Crippen molar-refractivity contribution >= 4 is 38.7 Å². The molecule has 154 valence electrons. The molecule has 1 aromatic heterocycles. The molecule has 8 heteroatoms. The van der Waals surface area contributed by atoms with E-state index >= 15 is 0 Å². The molecule has 0 atom stereocenters. The lowest BCUT2D eigenvalue weighted by molar-refractivity contribution is 0.101. The third kappa shape index (κ3) is 3.94. The number of ketones is 1. The van der Waals surface area contributed by atoms with Crippen molar-refractivity contribution in [1.29, 1.82) is 0 Å². The lowest BCUT2D eigenvalue weighted by Gasteiger charge is -2.28. The van der Waals surface area contributed by atoms with Crippen LogP contribution in [0.25, 0.3) is 0 Å². The monoisotopic (exact) mass is 440 g/mol. The van der Waals surface area contributed by atoms with Gasteiger partial charge < -0.3 is 5.32 Å². The van der Waals surface area contributed by atoms with Gasteiger partial charge in [0, 0.05) is 24.3 Å². The molecule has 1 amide bonds. The van der Waals surface area contributed by atoms with E-state index in [1.54, 1.807) is 29.6 Å². The maximum absolute atomic E-state index is 13.3. The van der Waals surface area contributed by atoms with E-state index in [1.165, 1.54) is 17.3 Å². The Labute approximate surface area is 179 Å². The van der Waals surface area contributed by atoms with Crippen LogP contribution in [-0.4, -0.2) is 31.0 Å². The van der Waals surface area contributed by atoms with E-state index < -0.39 is 15.9 Å². The van der Waals surface area contributed by atoms with Crippen LogP contribution in [0.5, 0.6) is 0 Å². The van der Waals surface area contributed by atoms with E-state index in [4.69, 9.17) is 0 Å². The van der Waals surface area contributed by atoms with E-state index in [9.17, 15) is 18.0 Å². The number of anilines is 1. The number of nitrogens with one attached hydrogen (secondary N) is 1. The second-order valence-electron chi connectivity index (χ2n) is 7.06. The van der Waals surface area contributed by atoms with Crippen LogP contribution in [0.1, 0.15) is 38.1 Å². The standard InChI is InChI=1S/C22H20N2O4S2/c1-15(25)17-7-4-8-19(13-17)23-22(26)21-20(10-12-29-21)30(27,28)24-11-9-16-5-2-3-6-18(16)14-24/h2-8,10,12-13H,9,11,14H2,1H3,(H,23,26). The molecule has 0 bridgehead atoms. The van der Waals surface area contributed by atoms with Gasteiger partial charge >= 0.3 is 0 Å². The molecular weight excluding hydrogens is 420 g/mol. The molecule has 1 N–H and O–H groups in total. The first-order valence-electron chi connectivity index (χ1n) is 9.43. The molecule has 1 aliphatic rings. The minimum atomic E-state index is -3.82. The Balaban J connectivity index is 1.59. The third-order valence-electron chi connectivity index (χ3n) is 5.08. The lowest BCUT2D eigenvalue weighted by Crippen LogP contribution is -2.36. The minimum Gasteiger partial charge on any atom is -0.321 e. The van der Waals surface area contributed by atoms with Crippen LogP contribution < -0.4 is 5.32 Å². The van der Waals surface area contributed by atoms with Crippen LogP contribution in [0, 0.1) is 0 Å². The molecule has 2 aromatic carbocycles. The van der Waals surface area contributed by atoms with E-state index in [2.05, 4.69) is 5.32 Å². The number of hydrogen-bond acceptors (Lipinski definition) is 5. The highest BCUT2D eigenvalue weighted by Crippen LogP contribution is 2.30. The normalized spacial score (nSPS) is 14.2. The molecule has 1 aliphatic heterocycles. The van der Waals surface area contributed by atoms with Gasteiger partial charge in [0.15, 0.2) is 5.78 Å². The molecule has 30 heavy (non-hydrogen) atoms. The average Bonchev–Trinajstić information content (AvgIpc) is 3.24. The zero-order valence-electron chi connectivity index (χ0n) is 16.3. The number of hydrogen-bond donors (Lipinski definition) is 1. The zero-order valence-corrected chi connectivity index (χ0v) is 17.9. The molecule has 2 heterocycles. The smallest absolute Gasteiger partial charge is 0.267 e. The number of carbonyl (C=O) groups excluding carboxylic acids is 2. The molecule has 0 unspecified atom stereocenters. The number of amides is 1. The fourth-order valence-electron chi connectivity index (χ4n) is 3.48. The van der Waals surface area contributed by atoms with Gasteiger partial charge in [-0.15, -0.1) is 11.3 Å². The highest BCUT2D eigenvalue weighted by molar-refractivity contribution is 7.89. The predicted molar refractivity (Wildman–Crippen MR) is 116 cm³/mol. The van der Waals surface area contributed by atoms with Gasteiger partial charge in [-0.1, -0.05) is 36.4 Å².